The zero-order valence-electron chi connectivity index (χ0n) is 10.4. The summed E-state index contributed by atoms with van der Waals surface area (Å²) in [5.41, 5.74) is 2.50. The van der Waals surface area contributed by atoms with E-state index in [4.69, 9.17) is 16.7 Å². The lowest BCUT2D eigenvalue weighted by Gasteiger charge is -2.06. The van der Waals surface area contributed by atoms with Crippen LogP contribution in [-0.4, -0.2) is 16.1 Å². The molecule has 0 aliphatic carbocycles. The van der Waals surface area contributed by atoms with E-state index in [-0.39, 0.29) is 5.56 Å². The fourth-order valence-electron chi connectivity index (χ4n) is 2.07. The Kier molecular flexibility index (Phi) is 3.12. The number of aromatic nitrogens is 1. The highest BCUT2D eigenvalue weighted by atomic mass is 35.5. The average molecular weight is 284 g/mol. The summed E-state index contributed by atoms with van der Waals surface area (Å²) in [7, 11) is 0. The van der Waals surface area contributed by atoms with E-state index in [1.807, 2.05) is 36.4 Å². The lowest BCUT2D eigenvalue weighted by atomic mass is 10.1. The number of hydrogen-bond donors (Lipinski definition) is 1. The number of benzene rings is 2. The predicted octanol–water partition coefficient (Wildman–Crippen LogP) is 4.25. The molecule has 3 rings (SSSR count). The van der Waals surface area contributed by atoms with Crippen LogP contribution in [0.5, 0.6) is 0 Å². The van der Waals surface area contributed by atoms with E-state index >= 15 is 0 Å². The quantitative estimate of drug-likeness (QED) is 0.765. The number of nitrogens with zero attached hydrogens (tertiary/aromatic N) is 1. The second-order valence-electron chi connectivity index (χ2n) is 4.39. The fraction of sp³-hybridized carbons (Fsp3) is 0. The van der Waals surface area contributed by atoms with Crippen molar-refractivity contribution in [1.29, 1.82) is 0 Å². The summed E-state index contributed by atoms with van der Waals surface area (Å²) in [5, 5.41) is 10.4. The molecule has 1 aromatic heterocycles. The van der Waals surface area contributed by atoms with Gasteiger partial charge in [0.05, 0.1) is 21.8 Å². The minimum Gasteiger partial charge on any atom is -0.478 e. The van der Waals surface area contributed by atoms with E-state index in [9.17, 15) is 4.79 Å². The lowest BCUT2D eigenvalue weighted by molar-refractivity contribution is 0.0697. The van der Waals surface area contributed by atoms with Crippen LogP contribution in [0.2, 0.25) is 5.02 Å². The van der Waals surface area contributed by atoms with Crippen molar-refractivity contribution in [2.45, 2.75) is 0 Å². The highest BCUT2D eigenvalue weighted by molar-refractivity contribution is 6.33. The maximum atomic E-state index is 10.9. The molecule has 0 fully saturated rings. The molecule has 0 atom stereocenters. The number of aromatic carboxylic acids is 1. The Balaban J connectivity index is 2.13. The topological polar surface area (TPSA) is 50.2 Å². The number of para-hydroxylation sites is 1. The number of halogens is 1. The largest absolute Gasteiger partial charge is 0.478 e. The molecule has 1 heterocycles. The van der Waals surface area contributed by atoms with Crippen LogP contribution in [0.15, 0.2) is 54.6 Å². The van der Waals surface area contributed by atoms with Gasteiger partial charge in [0.1, 0.15) is 0 Å². The van der Waals surface area contributed by atoms with Crippen LogP contribution in [0, 0.1) is 0 Å². The van der Waals surface area contributed by atoms with Gasteiger partial charge in [0.25, 0.3) is 0 Å². The minimum absolute atomic E-state index is 0.166. The fourth-order valence-corrected chi connectivity index (χ4v) is 2.35. The van der Waals surface area contributed by atoms with Gasteiger partial charge in [0, 0.05) is 10.9 Å². The summed E-state index contributed by atoms with van der Waals surface area (Å²) in [4.78, 5) is 15.5. The normalized spacial score (nSPS) is 10.7. The Morgan fingerprint density at radius 3 is 2.60 bits per heavy atom. The molecule has 0 unspecified atom stereocenters. The second kappa shape index (κ2) is 4.94. The molecular weight excluding hydrogens is 274 g/mol. The van der Waals surface area contributed by atoms with Crippen molar-refractivity contribution in [1.82, 2.24) is 4.98 Å². The van der Waals surface area contributed by atoms with Gasteiger partial charge in [0.15, 0.2) is 0 Å². The van der Waals surface area contributed by atoms with Gasteiger partial charge in [-0.1, -0.05) is 41.9 Å². The number of carboxylic acids is 1. The minimum atomic E-state index is -0.995. The van der Waals surface area contributed by atoms with Crippen LogP contribution >= 0.6 is 11.6 Å². The molecule has 0 spiro atoms. The first-order valence-corrected chi connectivity index (χ1v) is 6.42. The third kappa shape index (κ3) is 2.24. The van der Waals surface area contributed by atoms with Gasteiger partial charge in [-0.05, 0) is 24.3 Å². The molecule has 3 aromatic rings. The second-order valence-corrected chi connectivity index (χ2v) is 4.80. The number of rotatable bonds is 2. The van der Waals surface area contributed by atoms with Gasteiger partial charge in [-0.2, -0.15) is 0 Å². The summed E-state index contributed by atoms with van der Waals surface area (Å²) < 4.78 is 0. The molecule has 0 saturated carbocycles. The Labute approximate surface area is 120 Å². The molecule has 0 saturated heterocycles. The van der Waals surface area contributed by atoms with Crippen molar-refractivity contribution in [2.24, 2.45) is 0 Å². The molecule has 0 amide bonds. The third-order valence-corrected chi connectivity index (χ3v) is 3.40. The number of pyridine rings is 1. The highest BCUT2D eigenvalue weighted by Gasteiger charge is 2.10. The molecule has 0 aliphatic heterocycles. The molecule has 4 heteroatoms. The summed E-state index contributed by atoms with van der Waals surface area (Å²) >= 11 is 6.16. The molecule has 2 aromatic carbocycles. The van der Waals surface area contributed by atoms with Gasteiger partial charge >= 0.3 is 5.97 Å². The van der Waals surface area contributed by atoms with E-state index in [0.717, 1.165) is 22.2 Å². The Morgan fingerprint density at radius 2 is 1.85 bits per heavy atom. The number of carbonyl (C=O) groups is 1. The van der Waals surface area contributed by atoms with E-state index in [1.165, 1.54) is 12.1 Å². The SMILES string of the molecule is O=C(O)c1ccc(-c2ccc3ccccc3n2)c(Cl)c1. The highest BCUT2D eigenvalue weighted by Crippen LogP contribution is 2.28. The monoisotopic (exact) mass is 283 g/mol. The number of hydrogen-bond acceptors (Lipinski definition) is 2. The molecule has 0 bridgehead atoms. The molecule has 98 valence electrons. The number of carboxylic acid groups (broad SMARTS) is 1. The van der Waals surface area contributed by atoms with Crippen LogP contribution in [0.25, 0.3) is 22.2 Å². The first-order valence-electron chi connectivity index (χ1n) is 6.04. The summed E-state index contributed by atoms with van der Waals surface area (Å²) in [6.45, 7) is 0. The Bertz CT molecular complexity index is 814. The van der Waals surface area contributed by atoms with E-state index in [2.05, 4.69) is 4.98 Å². The van der Waals surface area contributed by atoms with Gasteiger partial charge in [-0.3, -0.25) is 0 Å². The van der Waals surface area contributed by atoms with E-state index < -0.39 is 5.97 Å². The van der Waals surface area contributed by atoms with Crippen LogP contribution in [0.1, 0.15) is 10.4 Å². The lowest BCUT2D eigenvalue weighted by Crippen LogP contribution is -1.96. The summed E-state index contributed by atoms with van der Waals surface area (Å²) in [6.07, 6.45) is 0. The predicted molar refractivity (Wildman–Crippen MR) is 79.1 cm³/mol. The van der Waals surface area contributed by atoms with Gasteiger partial charge in [0.2, 0.25) is 0 Å². The van der Waals surface area contributed by atoms with Crippen molar-refractivity contribution in [3.63, 3.8) is 0 Å². The Hall–Kier alpha value is -2.39. The molecule has 0 radical (unpaired) electrons. The van der Waals surface area contributed by atoms with Crippen molar-refractivity contribution in [3.8, 4) is 11.3 Å². The van der Waals surface area contributed by atoms with Crippen LogP contribution in [0.3, 0.4) is 0 Å². The number of fused-ring (bicyclic) bond motifs is 1. The van der Waals surface area contributed by atoms with Gasteiger partial charge in [-0.25, -0.2) is 9.78 Å². The molecule has 1 N–H and O–H groups in total. The van der Waals surface area contributed by atoms with Gasteiger partial charge < -0.3 is 5.11 Å². The van der Waals surface area contributed by atoms with Crippen molar-refractivity contribution in [2.75, 3.05) is 0 Å². The summed E-state index contributed by atoms with van der Waals surface area (Å²) in [5.74, 6) is -0.995. The van der Waals surface area contributed by atoms with Crippen molar-refractivity contribution < 1.29 is 9.90 Å². The zero-order valence-corrected chi connectivity index (χ0v) is 11.1. The average Bonchev–Trinajstić information content (AvgIpc) is 2.46. The van der Waals surface area contributed by atoms with Crippen LogP contribution in [0.4, 0.5) is 0 Å². The zero-order chi connectivity index (χ0) is 14.1. The van der Waals surface area contributed by atoms with E-state index in [0.29, 0.717) is 5.02 Å². The van der Waals surface area contributed by atoms with Crippen LogP contribution in [-0.2, 0) is 0 Å². The third-order valence-electron chi connectivity index (χ3n) is 3.09. The van der Waals surface area contributed by atoms with Crippen molar-refractivity contribution in [3.05, 3.63) is 65.2 Å². The molecule has 0 aliphatic rings. The first kappa shape index (κ1) is 12.6. The smallest absolute Gasteiger partial charge is 0.335 e. The van der Waals surface area contributed by atoms with Gasteiger partial charge in [-0.15, -0.1) is 0 Å². The molecule has 3 nitrogen and oxygen atoms in total. The molecular formula is C16H10ClNO2. The van der Waals surface area contributed by atoms with Crippen LogP contribution < -0.4 is 0 Å². The van der Waals surface area contributed by atoms with Crippen molar-refractivity contribution >= 4 is 28.5 Å². The first-order chi connectivity index (χ1) is 9.65. The summed E-state index contributed by atoms with van der Waals surface area (Å²) in [6, 6.07) is 16.3. The standard InChI is InChI=1S/C16H10ClNO2/c17-13-9-11(16(19)20)5-7-12(13)15-8-6-10-3-1-2-4-14(10)18-15/h1-9H,(H,19,20). The Morgan fingerprint density at radius 1 is 1.05 bits per heavy atom. The maximum absolute atomic E-state index is 10.9. The molecule has 20 heavy (non-hydrogen) atoms. The van der Waals surface area contributed by atoms with E-state index in [1.54, 1.807) is 6.07 Å². The maximum Gasteiger partial charge on any atom is 0.335 e.